The zero-order chi connectivity index (χ0) is 12.3. The average Bonchev–Trinajstić information content (AvgIpc) is 2.71. The molecular weight excluding hydrogens is 236 g/mol. The van der Waals surface area contributed by atoms with Crippen LogP contribution in [-0.4, -0.2) is 18.1 Å². The highest BCUT2D eigenvalue weighted by atomic mass is 32.1. The van der Waals surface area contributed by atoms with Crippen molar-refractivity contribution in [3.8, 4) is 11.3 Å². The molecule has 1 aromatic carbocycles. The third-order valence-electron chi connectivity index (χ3n) is 2.29. The smallest absolute Gasteiger partial charge is 0.310 e. The Labute approximate surface area is 103 Å². The van der Waals surface area contributed by atoms with Crippen molar-refractivity contribution >= 4 is 22.4 Å². The van der Waals surface area contributed by atoms with E-state index in [9.17, 15) is 4.79 Å². The van der Waals surface area contributed by atoms with E-state index in [2.05, 4.69) is 9.72 Å². The Morgan fingerprint density at radius 3 is 2.76 bits per heavy atom. The van der Waals surface area contributed by atoms with E-state index in [4.69, 9.17) is 5.73 Å². The maximum Gasteiger partial charge on any atom is 0.310 e. The second-order valence-electron chi connectivity index (χ2n) is 3.44. The van der Waals surface area contributed by atoms with Gasteiger partial charge in [-0.1, -0.05) is 30.3 Å². The molecule has 88 valence electrons. The lowest BCUT2D eigenvalue weighted by molar-refractivity contribution is -0.139. The van der Waals surface area contributed by atoms with E-state index in [0.717, 1.165) is 16.1 Å². The van der Waals surface area contributed by atoms with Crippen molar-refractivity contribution in [1.29, 1.82) is 0 Å². The fourth-order valence-corrected chi connectivity index (χ4v) is 2.35. The van der Waals surface area contributed by atoms with Crippen molar-refractivity contribution in [2.45, 2.75) is 6.42 Å². The van der Waals surface area contributed by atoms with Crippen LogP contribution in [0.25, 0.3) is 11.3 Å². The van der Waals surface area contributed by atoms with Crippen LogP contribution < -0.4 is 5.73 Å². The van der Waals surface area contributed by atoms with E-state index in [1.807, 2.05) is 30.3 Å². The van der Waals surface area contributed by atoms with Gasteiger partial charge in [0, 0.05) is 10.4 Å². The van der Waals surface area contributed by atoms with Crippen LogP contribution in [-0.2, 0) is 16.0 Å². The molecule has 0 atom stereocenters. The highest BCUT2D eigenvalue weighted by Crippen LogP contribution is 2.29. The van der Waals surface area contributed by atoms with Gasteiger partial charge >= 0.3 is 5.97 Å². The highest BCUT2D eigenvalue weighted by Gasteiger charge is 2.14. The van der Waals surface area contributed by atoms with Gasteiger partial charge in [0.2, 0.25) is 0 Å². The Balaban J connectivity index is 2.37. The molecule has 0 saturated carbocycles. The predicted octanol–water partition coefficient (Wildman–Crippen LogP) is 2.11. The maximum atomic E-state index is 11.3. The Hall–Kier alpha value is -1.88. The van der Waals surface area contributed by atoms with E-state index < -0.39 is 0 Å². The number of benzene rings is 1. The zero-order valence-electron chi connectivity index (χ0n) is 9.34. The van der Waals surface area contributed by atoms with Gasteiger partial charge in [-0.15, -0.1) is 11.3 Å². The number of nitrogens with two attached hydrogens (primary N) is 1. The van der Waals surface area contributed by atoms with Gasteiger partial charge in [0.25, 0.3) is 0 Å². The molecule has 0 bridgehead atoms. The van der Waals surface area contributed by atoms with Gasteiger partial charge in [0.05, 0.1) is 19.2 Å². The summed E-state index contributed by atoms with van der Waals surface area (Å²) in [5.41, 5.74) is 7.41. The molecule has 0 unspecified atom stereocenters. The van der Waals surface area contributed by atoms with Crippen molar-refractivity contribution in [3.63, 3.8) is 0 Å². The molecule has 0 saturated heterocycles. The van der Waals surface area contributed by atoms with Gasteiger partial charge < -0.3 is 10.5 Å². The van der Waals surface area contributed by atoms with Crippen molar-refractivity contribution in [2.24, 2.45) is 0 Å². The average molecular weight is 248 g/mol. The second kappa shape index (κ2) is 4.97. The molecule has 0 amide bonds. The number of thiazole rings is 1. The number of nitrogens with zero attached hydrogens (tertiary/aromatic N) is 1. The summed E-state index contributed by atoms with van der Waals surface area (Å²) in [7, 11) is 1.37. The molecule has 1 heterocycles. The summed E-state index contributed by atoms with van der Waals surface area (Å²) in [6.07, 6.45) is 0.204. The summed E-state index contributed by atoms with van der Waals surface area (Å²) in [5, 5.41) is 0.461. The third-order valence-corrected chi connectivity index (χ3v) is 3.18. The fraction of sp³-hybridized carbons (Fsp3) is 0.167. The van der Waals surface area contributed by atoms with Crippen LogP contribution in [0.15, 0.2) is 30.3 Å². The third kappa shape index (κ3) is 2.62. The molecule has 0 aliphatic rings. The summed E-state index contributed by atoms with van der Waals surface area (Å²) < 4.78 is 4.65. The topological polar surface area (TPSA) is 65.2 Å². The molecule has 0 fully saturated rings. The number of ether oxygens (including phenoxy) is 1. The Morgan fingerprint density at radius 1 is 1.41 bits per heavy atom. The van der Waals surface area contributed by atoms with Gasteiger partial charge in [0.15, 0.2) is 5.13 Å². The SMILES string of the molecule is COC(=O)Cc1sc(N)nc1-c1ccccc1. The lowest BCUT2D eigenvalue weighted by Crippen LogP contribution is -2.03. The van der Waals surface area contributed by atoms with Gasteiger partial charge in [-0.25, -0.2) is 4.98 Å². The van der Waals surface area contributed by atoms with Gasteiger partial charge in [-0.05, 0) is 0 Å². The lowest BCUT2D eigenvalue weighted by Gasteiger charge is -2.01. The molecule has 0 aliphatic heterocycles. The first kappa shape index (κ1) is 11.6. The van der Waals surface area contributed by atoms with Gasteiger partial charge in [-0.3, -0.25) is 4.79 Å². The first-order valence-corrected chi connectivity index (χ1v) is 5.89. The molecule has 2 rings (SSSR count). The normalized spacial score (nSPS) is 10.2. The van der Waals surface area contributed by atoms with E-state index >= 15 is 0 Å². The highest BCUT2D eigenvalue weighted by molar-refractivity contribution is 7.15. The number of anilines is 1. The quantitative estimate of drug-likeness (QED) is 0.845. The minimum absolute atomic E-state index is 0.204. The first-order chi connectivity index (χ1) is 8.20. The largest absolute Gasteiger partial charge is 0.469 e. The number of rotatable bonds is 3. The first-order valence-electron chi connectivity index (χ1n) is 5.08. The monoisotopic (exact) mass is 248 g/mol. The van der Waals surface area contributed by atoms with Gasteiger partial charge in [0.1, 0.15) is 0 Å². The molecule has 4 nitrogen and oxygen atoms in total. The number of esters is 1. The van der Waals surface area contributed by atoms with Crippen LogP contribution >= 0.6 is 11.3 Å². The van der Waals surface area contributed by atoms with Crippen LogP contribution in [0.5, 0.6) is 0 Å². The molecule has 2 N–H and O–H groups in total. The number of carbonyl (C=O) groups is 1. The summed E-state index contributed by atoms with van der Waals surface area (Å²) in [6.45, 7) is 0. The molecule has 5 heteroatoms. The van der Waals surface area contributed by atoms with E-state index in [-0.39, 0.29) is 12.4 Å². The molecule has 0 spiro atoms. The summed E-state index contributed by atoms with van der Waals surface area (Å²) in [4.78, 5) is 16.4. The Bertz CT molecular complexity index is 523. The number of aromatic nitrogens is 1. The molecule has 2 aromatic rings. The van der Waals surface area contributed by atoms with Crippen LogP contribution in [0.3, 0.4) is 0 Å². The molecule has 0 aliphatic carbocycles. The van der Waals surface area contributed by atoms with Crippen molar-refractivity contribution in [2.75, 3.05) is 12.8 Å². The van der Waals surface area contributed by atoms with Crippen molar-refractivity contribution < 1.29 is 9.53 Å². The number of hydrogen-bond donors (Lipinski definition) is 1. The Kier molecular flexibility index (Phi) is 3.39. The van der Waals surface area contributed by atoms with Crippen LogP contribution in [0.1, 0.15) is 4.88 Å². The van der Waals surface area contributed by atoms with Crippen molar-refractivity contribution in [1.82, 2.24) is 4.98 Å². The molecule has 1 aromatic heterocycles. The van der Waals surface area contributed by atoms with Crippen LogP contribution in [0.2, 0.25) is 0 Å². The number of hydrogen-bond acceptors (Lipinski definition) is 5. The molecule has 0 radical (unpaired) electrons. The fourth-order valence-electron chi connectivity index (χ4n) is 1.51. The van der Waals surface area contributed by atoms with Crippen LogP contribution in [0, 0.1) is 0 Å². The van der Waals surface area contributed by atoms with E-state index in [1.165, 1.54) is 18.4 Å². The minimum Gasteiger partial charge on any atom is -0.469 e. The number of carbonyl (C=O) groups excluding carboxylic acids is 1. The number of nitrogen functional groups attached to an aromatic ring is 1. The van der Waals surface area contributed by atoms with Gasteiger partial charge in [-0.2, -0.15) is 0 Å². The van der Waals surface area contributed by atoms with Crippen LogP contribution in [0.4, 0.5) is 5.13 Å². The standard InChI is InChI=1S/C12H12N2O2S/c1-16-10(15)7-9-11(14-12(13)17-9)8-5-3-2-4-6-8/h2-6H,7H2,1H3,(H2,13,14). The molecule has 17 heavy (non-hydrogen) atoms. The van der Waals surface area contributed by atoms with E-state index in [1.54, 1.807) is 0 Å². The van der Waals surface area contributed by atoms with Crippen molar-refractivity contribution in [3.05, 3.63) is 35.2 Å². The predicted molar refractivity (Wildman–Crippen MR) is 67.7 cm³/mol. The Morgan fingerprint density at radius 2 is 2.12 bits per heavy atom. The minimum atomic E-state index is -0.286. The second-order valence-corrected chi connectivity index (χ2v) is 4.56. The molecular formula is C12H12N2O2S. The summed E-state index contributed by atoms with van der Waals surface area (Å²) >= 11 is 1.32. The summed E-state index contributed by atoms with van der Waals surface area (Å²) in [5.74, 6) is -0.286. The zero-order valence-corrected chi connectivity index (χ0v) is 10.2. The maximum absolute atomic E-state index is 11.3. The van der Waals surface area contributed by atoms with E-state index in [0.29, 0.717) is 5.13 Å². The lowest BCUT2D eigenvalue weighted by atomic mass is 10.1. The summed E-state index contributed by atoms with van der Waals surface area (Å²) in [6, 6.07) is 9.66. The number of methoxy groups -OCH3 is 1.